The highest BCUT2D eigenvalue weighted by atomic mass is 16.5. The molecule has 0 radical (unpaired) electrons. The van der Waals surface area contributed by atoms with Crippen molar-refractivity contribution >= 4 is 6.29 Å². The Balaban J connectivity index is 4.35. The number of aldehydes is 1. The lowest BCUT2D eigenvalue weighted by atomic mass is 10.1. The molecule has 1 atom stereocenters. The quantitative estimate of drug-likeness (QED) is 0.500. The highest BCUT2D eigenvalue weighted by Crippen LogP contribution is 2.19. The minimum Gasteiger partial charge on any atom is -0.491 e. The normalized spacial score (nSPS) is 13.7. The SMILES string of the molecule is C=C(OC(C)(C)C)[C@H](CCC=O)N(C)C. The van der Waals surface area contributed by atoms with Gasteiger partial charge in [-0.15, -0.1) is 0 Å². The maximum absolute atomic E-state index is 10.4. The van der Waals surface area contributed by atoms with E-state index in [1.165, 1.54) is 0 Å². The van der Waals surface area contributed by atoms with Gasteiger partial charge in [-0.05, 0) is 41.3 Å². The molecular weight excluding hydrogens is 190 g/mol. The second kappa shape index (κ2) is 5.91. The van der Waals surface area contributed by atoms with Crippen molar-refractivity contribution in [3.8, 4) is 0 Å². The highest BCUT2D eigenvalue weighted by molar-refractivity contribution is 5.49. The van der Waals surface area contributed by atoms with Crippen LogP contribution in [0.3, 0.4) is 0 Å². The van der Waals surface area contributed by atoms with E-state index in [2.05, 4.69) is 6.58 Å². The molecule has 0 aliphatic rings. The van der Waals surface area contributed by atoms with Crippen LogP contribution >= 0.6 is 0 Å². The van der Waals surface area contributed by atoms with Gasteiger partial charge in [-0.1, -0.05) is 6.58 Å². The van der Waals surface area contributed by atoms with Crippen molar-refractivity contribution < 1.29 is 9.53 Å². The lowest BCUT2D eigenvalue weighted by Crippen LogP contribution is -2.33. The molecule has 0 aliphatic carbocycles. The predicted molar refractivity (Wildman–Crippen MR) is 62.8 cm³/mol. The minimum absolute atomic E-state index is 0.106. The Hall–Kier alpha value is -0.830. The van der Waals surface area contributed by atoms with E-state index in [0.29, 0.717) is 6.42 Å². The molecule has 0 N–H and O–H groups in total. The number of hydrogen-bond acceptors (Lipinski definition) is 3. The van der Waals surface area contributed by atoms with Gasteiger partial charge in [0.1, 0.15) is 17.6 Å². The number of carbonyl (C=O) groups is 1. The standard InChI is InChI=1S/C12H23NO2/c1-10(15-12(2,3)4)11(13(5)6)8-7-9-14/h9,11H,1,7-8H2,2-6H3/t11-/m0/s1. The number of hydrogen-bond donors (Lipinski definition) is 0. The van der Waals surface area contributed by atoms with E-state index in [9.17, 15) is 4.79 Å². The van der Waals surface area contributed by atoms with Crippen LogP contribution in [0.2, 0.25) is 0 Å². The molecule has 0 aliphatic heterocycles. The van der Waals surface area contributed by atoms with Gasteiger partial charge in [0.25, 0.3) is 0 Å². The molecule has 88 valence electrons. The fourth-order valence-corrected chi connectivity index (χ4v) is 1.39. The third-order valence-electron chi connectivity index (χ3n) is 1.99. The lowest BCUT2D eigenvalue weighted by Gasteiger charge is -2.31. The molecule has 3 heteroatoms. The number of likely N-dealkylation sites (N-methyl/N-ethyl adjacent to an activating group) is 1. The average molecular weight is 213 g/mol. The van der Waals surface area contributed by atoms with Crippen LogP contribution in [0.1, 0.15) is 33.6 Å². The van der Waals surface area contributed by atoms with Crippen LogP contribution in [-0.4, -0.2) is 36.9 Å². The Kier molecular flexibility index (Phi) is 5.58. The van der Waals surface area contributed by atoms with Crippen molar-refractivity contribution in [2.24, 2.45) is 0 Å². The predicted octanol–water partition coefficient (Wildman–Crippen LogP) is 2.22. The van der Waals surface area contributed by atoms with Crippen LogP contribution in [0.25, 0.3) is 0 Å². The Bertz CT molecular complexity index is 216. The monoisotopic (exact) mass is 213 g/mol. The van der Waals surface area contributed by atoms with E-state index in [1.54, 1.807) is 0 Å². The molecule has 0 spiro atoms. The number of nitrogens with zero attached hydrogens (tertiary/aromatic N) is 1. The summed E-state index contributed by atoms with van der Waals surface area (Å²) in [5, 5.41) is 0. The largest absolute Gasteiger partial charge is 0.491 e. The van der Waals surface area contributed by atoms with Crippen LogP contribution in [-0.2, 0) is 9.53 Å². The minimum atomic E-state index is -0.230. The lowest BCUT2D eigenvalue weighted by molar-refractivity contribution is -0.108. The zero-order valence-electron chi connectivity index (χ0n) is 10.5. The summed E-state index contributed by atoms with van der Waals surface area (Å²) in [6, 6.07) is 0.106. The summed E-state index contributed by atoms with van der Waals surface area (Å²) in [6.07, 6.45) is 2.22. The van der Waals surface area contributed by atoms with Crippen LogP contribution in [0.15, 0.2) is 12.3 Å². The summed E-state index contributed by atoms with van der Waals surface area (Å²) in [5.41, 5.74) is -0.230. The first-order valence-electron chi connectivity index (χ1n) is 5.26. The molecule has 0 heterocycles. The van der Waals surface area contributed by atoms with Gasteiger partial charge in [-0.3, -0.25) is 4.90 Å². The zero-order chi connectivity index (χ0) is 12.1. The van der Waals surface area contributed by atoms with Gasteiger partial charge in [-0.25, -0.2) is 0 Å². The fraction of sp³-hybridized carbons (Fsp3) is 0.750. The molecule has 0 fully saturated rings. The number of carbonyl (C=O) groups excluding carboxylic acids is 1. The van der Waals surface area contributed by atoms with Crippen molar-refractivity contribution in [1.29, 1.82) is 0 Å². The topological polar surface area (TPSA) is 29.5 Å². The summed E-state index contributed by atoms with van der Waals surface area (Å²) in [4.78, 5) is 12.4. The van der Waals surface area contributed by atoms with Crippen molar-refractivity contribution in [1.82, 2.24) is 4.90 Å². The Morgan fingerprint density at radius 1 is 1.47 bits per heavy atom. The van der Waals surface area contributed by atoms with Crippen LogP contribution in [0.5, 0.6) is 0 Å². The first-order chi connectivity index (χ1) is 6.78. The van der Waals surface area contributed by atoms with Gasteiger partial charge in [0.05, 0.1) is 6.04 Å². The molecule has 15 heavy (non-hydrogen) atoms. The number of ether oxygens (including phenoxy) is 1. The van der Waals surface area contributed by atoms with Crippen LogP contribution < -0.4 is 0 Å². The Morgan fingerprint density at radius 2 is 2.00 bits per heavy atom. The first kappa shape index (κ1) is 14.2. The van der Waals surface area contributed by atoms with Crippen LogP contribution in [0.4, 0.5) is 0 Å². The summed E-state index contributed by atoms with van der Waals surface area (Å²) in [7, 11) is 3.93. The molecular formula is C12H23NO2. The molecule has 0 aromatic carbocycles. The van der Waals surface area contributed by atoms with E-state index in [1.807, 2.05) is 39.8 Å². The van der Waals surface area contributed by atoms with Crippen molar-refractivity contribution in [2.75, 3.05) is 14.1 Å². The van der Waals surface area contributed by atoms with Gasteiger partial charge in [0, 0.05) is 6.42 Å². The van der Waals surface area contributed by atoms with Crippen molar-refractivity contribution in [3.63, 3.8) is 0 Å². The molecule has 0 aromatic heterocycles. The average Bonchev–Trinajstić information content (AvgIpc) is 2.00. The third kappa shape index (κ3) is 6.28. The van der Waals surface area contributed by atoms with Gasteiger partial charge in [-0.2, -0.15) is 0 Å². The molecule has 0 amide bonds. The number of rotatable bonds is 6. The van der Waals surface area contributed by atoms with Gasteiger partial charge in [0.2, 0.25) is 0 Å². The van der Waals surface area contributed by atoms with Crippen LogP contribution in [0, 0.1) is 0 Å². The highest BCUT2D eigenvalue weighted by Gasteiger charge is 2.21. The molecule has 0 saturated heterocycles. The molecule has 0 aromatic rings. The molecule has 0 bridgehead atoms. The smallest absolute Gasteiger partial charge is 0.120 e. The zero-order valence-corrected chi connectivity index (χ0v) is 10.5. The second-order valence-electron chi connectivity index (χ2n) is 4.90. The van der Waals surface area contributed by atoms with Crippen molar-refractivity contribution in [3.05, 3.63) is 12.3 Å². The Labute approximate surface area is 93.1 Å². The van der Waals surface area contributed by atoms with Gasteiger partial charge >= 0.3 is 0 Å². The molecule has 0 saturated carbocycles. The van der Waals surface area contributed by atoms with Crippen molar-refractivity contribution in [2.45, 2.75) is 45.3 Å². The van der Waals surface area contributed by atoms with E-state index in [0.717, 1.165) is 18.5 Å². The second-order valence-corrected chi connectivity index (χ2v) is 4.90. The summed E-state index contributed by atoms with van der Waals surface area (Å²) < 4.78 is 5.71. The van der Waals surface area contributed by atoms with Gasteiger partial charge < -0.3 is 9.53 Å². The summed E-state index contributed by atoms with van der Waals surface area (Å²) in [5.74, 6) is 0.731. The fourth-order valence-electron chi connectivity index (χ4n) is 1.39. The first-order valence-corrected chi connectivity index (χ1v) is 5.26. The maximum atomic E-state index is 10.4. The Morgan fingerprint density at radius 3 is 2.33 bits per heavy atom. The van der Waals surface area contributed by atoms with E-state index in [4.69, 9.17) is 4.74 Å². The maximum Gasteiger partial charge on any atom is 0.120 e. The summed E-state index contributed by atoms with van der Waals surface area (Å²) >= 11 is 0. The molecule has 0 unspecified atom stereocenters. The molecule has 0 rings (SSSR count). The van der Waals surface area contributed by atoms with E-state index >= 15 is 0 Å². The van der Waals surface area contributed by atoms with E-state index in [-0.39, 0.29) is 11.6 Å². The summed E-state index contributed by atoms with van der Waals surface area (Å²) in [6.45, 7) is 9.91. The van der Waals surface area contributed by atoms with Gasteiger partial charge in [0.15, 0.2) is 0 Å². The molecule has 3 nitrogen and oxygen atoms in total. The third-order valence-corrected chi connectivity index (χ3v) is 1.99. The van der Waals surface area contributed by atoms with E-state index < -0.39 is 0 Å².